The van der Waals surface area contributed by atoms with Gasteiger partial charge in [0.25, 0.3) is 0 Å². The van der Waals surface area contributed by atoms with Gasteiger partial charge in [-0.15, -0.1) is 0 Å². The maximum Gasteiger partial charge on any atom is 0.226 e. The Bertz CT molecular complexity index is 1010. The van der Waals surface area contributed by atoms with Crippen molar-refractivity contribution in [3.8, 4) is 0 Å². The first kappa shape index (κ1) is 19.4. The Morgan fingerprint density at radius 3 is 2.65 bits per heavy atom. The van der Waals surface area contributed by atoms with Crippen LogP contribution in [0.15, 0.2) is 24.3 Å². The summed E-state index contributed by atoms with van der Waals surface area (Å²) in [7, 11) is 0. The maximum atomic E-state index is 13.6. The van der Waals surface area contributed by atoms with E-state index < -0.39 is 0 Å². The zero-order valence-electron chi connectivity index (χ0n) is 18.2. The molecule has 1 aromatic carbocycles. The van der Waals surface area contributed by atoms with E-state index >= 15 is 0 Å². The second-order valence-electron chi connectivity index (χ2n) is 10.4. The van der Waals surface area contributed by atoms with Gasteiger partial charge in [0, 0.05) is 41.0 Å². The Morgan fingerprint density at radius 1 is 1.00 bits per heavy atom. The number of carbonyl (C=O) groups is 2. The molecular weight excluding hydrogens is 386 g/mol. The van der Waals surface area contributed by atoms with Crippen molar-refractivity contribution in [1.29, 1.82) is 0 Å². The molecule has 0 spiro atoms. The van der Waals surface area contributed by atoms with Gasteiger partial charge in [-0.3, -0.25) is 9.59 Å². The van der Waals surface area contributed by atoms with E-state index in [1.807, 2.05) is 4.90 Å². The Kier molecular flexibility index (Phi) is 4.81. The van der Waals surface area contributed by atoms with Crippen LogP contribution < -0.4 is 5.32 Å². The van der Waals surface area contributed by atoms with E-state index in [1.54, 1.807) is 0 Å². The minimum absolute atomic E-state index is 0.149. The molecule has 0 saturated heterocycles. The number of fused-ring (bicyclic) bond motifs is 5. The Balaban J connectivity index is 1.17. The van der Waals surface area contributed by atoms with Gasteiger partial charge >= 0.3 is 0 Å². The minimum atomic E-state index is -0.154. The van der Waals surface area contributed by atoms with Crippen LogP contribution >= 0.6 is 0 Å². The summed E-state index contributed by atoms with van der Waals surface area (Å²) in [4.78, 5) is 32.4. The number of aromatic nitrogens is 1. The van der Waals surface area contributed by atoms with E-state index in [4.69, 9.17) is 0 Å². The Labute approximate surface area is 184 Å². The van der Waals surface area contributed by atoms with Gasteiger partial charge in [-0.2, -0.15) is 0 Å². The van der Waals surface area contributed by atoms with E-state index in [9.17, 15) is 9.59 Å². The van der Waals surface area contributed by atoms with Gasteiger partial charge in [-0.25, -0.2) is 0 Å². The quantitative estimate of drug-likeness (QED) is 0.784. The lowest BCUT2D eigenvalue weighted by molar-refractivity contribution is -0.144. The number of benzene rings is 1. The molecule has 2 heterocycles. The molecule has 3 fully saturated rings. The maximum absolute atomic E-state index is 13.6. The van der Waals surface area contributed by atoms with Crippen LogP contribution in [0.1, 0.15) is 62.6 Å². The lowest BCUT2D eigenvalue weighted by Gasteiger charge is -2.36. The van der Waals surface area contributed by atoms with Gasteiger partial charge in [0.15, 0.2) is 0 Å². The van der Waals surface area contributed by atoms with Gasteiger partial charge in [-0.1, -0.05) is 37.5 Å². The van der Waals surface area contributed by atoms with Gasteiger partial charge in [0.2, 0.25) is 11.8 Å². The van der Waals surface area contributed by atoms with Gasteiger partial charge in [0.1, 0.15) is 0 Å². The van der Waals surface area contributed by atoms with Crippen molar-refractivity contribution in [2.45, 2.75) is 70.4 Å². The van der Waals surface area contributed by atoms with Crippen LogP contribution in [-0.2, 0) is 22.6 Å². The molecule has 2 unspecified atom stereocenters. The summed E-state index contributed by atoms with van der Waals surface area (Å²) in [5, 5.41) is 4.67. The standard InChI is InChI=1S/C26H33N3O2/c30-25(28-23-14-16-9-10-17(23)13-16)20-6-1-2-7-21(20)26(31)29-12-11-19-18-5-3-4-8-22(18)27-24(19)15-29/h3-5,8,16-17,20-21,23,27H,1-2,6-7,9-15H2,(H,28,30)/t16-,17+,20?,21?,23+/m0/s1. The molecular formula is C26H33N3O2. The molecule has 5 nitrogen and oxygen atoms in total. The summed E-state index contributed by atoms with van der Waals surface area (Å²) < 4.78 is 0. The van der Waals surface area contributed by atoms with Crippen LogP contribution in [0, 0.1) is 23.7 Å². The first-order valence-electron chi connectivity index (χ1n) is 12.3. The van der Waals surface area contributed by atoms with Crippen molar-refractivity contribution in [3.05, 3.63) is 35.5 Å². The first-order chi connectivity index (χ1) is 15.2. The minimum Gasteiger partial charge on any atom is -0.357 e. The molecule has 0 radical (unpaired) electrons. The topological polar surface area (TPSA) is 65.2 Å². The van der Waals surface area contributed by atoms with Gasteiger partial charge in [-0.05, 0) is 62.0 Å². The van der Waals surface area contributed by atoms with E-state index in [0.29, 0.717) is 18.5 Å². The summed E-state index contributed by atoms with van der Waals surface area (Å²) >= 11 is 0. The molecule has 1 aliphatic heterocycles. The highest BCUT2D eigenvalue weighted by Crippen LogP contribution is 2.45. The highest BCUT2D eigenvalue weighted by molar-refractivity contribution is 5.89. The number of amides is 2. The number of rotatable bonds is 3. The molecule has 164 valence electrons. The lowest BCUT2D eigenvalue weighted by Crippen LogP contribution is -2.49. The number of aromatic amines is 1. The van der Waals surface area contributed by atoms with Gasteiger partial charge < -0.3 is 15.2 Å². The van der Waals surface area contributed by atoms with Crippen LogP contribution in [0.25, 0.3) is 10.9 Å². The molecule has 2 aromatic rings. The number of para-hydroxylation sites is 1. The second-order valence-corrected chi connectivity index (χ2v) is 10.4. The highest BCUT2D eigenvalue weighted by Gasteiger charge is 2.43. The van der Waals surface area contributed by atoms with Gasteiger partial charge in [0.05, 0.1) is 6.54 Å². The summed E-state index contributed by atoms with van der Waals surface area (Å²) in [6.45, 7) is 1.39. The van der Waals surface area contributed by atoms with Crippen LogP contribution in [0.2, 0.25) is 0 Å². The molecule has 3 saturated carbocycles. The predicted molar refractivity (Wildman–Crippen MR) is 120 cm³/mol. The average molecular weight is 420 g/mol. The van der Waals surface area contributed by atoms with Crippen LogP contribution in [0.5, 0.6) is 0 Å². The lowest BCUT2D eigenvalue weighted by atomic mass is 9.77. The highest BCUT2D eigenvalue weighted by atomic mass is 16.2. The number of nitrogens with zero attached hydrogens (tertiary/aromatic N) is 1. The number of hydrogen-bond donors (Lipinski definition) is 2. The van der Waals surface area contributed by atoms with Crippen LogP contribution in [0.4, 0.5) is 0 Å². The molecule has 2 amide bonds. The molecule has 3 aliphatic carbocycles. The van der Waals surface area contributed by atoms with Crippen molar-refractivity contribution in [1.82, 2.24) is 15.2 Å². The fraction of sp³-hybridized carbons (Fsp3) is 0.615. The number of hydrogen-bond acceptors (Lipinski definition) is 2. The number of carbonyl (C=O) groups excluding carboxylic acids is 2. The number of H-pyrrole nitrogens is 1. The average Bonchev–Trinajstić information content (AvgIpc) is 3.52. The van der Waals surface area contributed by atoms with Crippen molar-refractivity contribution in [3.63, 3.8) is 0 Å². The molecule has 6 rings (SSSR count). The summed E-state index contributed by atoms with van der Waals surface area (Å²) in [5.74, 6) is 1.53. The van der Waals surface area contributed by atoms with Crippen molar-refractivity contribution in [2.75, 3.05) is 6.54 Å². The van der Waals surface area contributed by atoms with Crippen molar-refractivity contribution < 1.29 is 9.59 Å². The molecule has 2 N–H and O–H groups in total. The summed E-state index contributed by atoms with van der Waals surface area (Å²) in [6.07, 6.45) is 9.76. The van der Waals surface area contributed by atoms with Crippen molar-refractivity contribution in [2.24, 2.45) is 23.7 Å². The summed E-state index contributed by atoms with van der Waals surface area (Å²) in [6, 6.07) is 8.76. The molecule has 4 aliphatic rings. The summed E-state index contributed by atoms with van der Waals surface area (Å²) in [5.41, 5.74) is 3.68. The SMILES string of the molecule is O=C(N[C@@H]1C[C@H]2CC[C@@H]1C2)C1CCCCC1C(=O)N1CCc2c([nH]c3ccccc23)C1. The Hall–Kier alpha value is -2.30. The molecule has 1 aromatic heterocycles. The van der Waals surface area contributed by atoms with Crippen LogP contribution in [-0.4, -0.2) is 34.3 Å². The second kappa shape index (κ2) is 7.68. The van der Waals surface area contributed by atoms with E-state index in [2.05, 4.69) is 34.6 Å². The molecule has 5 atom stereocenters. The molecule has 5 heteroatoms. The third-order valence-corrected chi connectivity index (χ3v) is 8.68. The predicted octanol–water partition coefficient (Wildman–Crippen LogP) is 4.16. The molecule has 31 heavy (non-hydrogen) atoms. The normalized spacial score (nSPS) is 32.3. The smallest absolute Gasteiger partial charge is 0.226 e. The monoisotopic (exact) mass is 419 g/mol. The zero-order valence-corrected chi connectivity index (χ0v) is 18.2. The third-order valence-electron chi connectivity index (χ3n) is 8.68. The number of nitrogens with one attached hydrogen (secondary N) is 2. The third kappa shape index (κ3) is 3.37. The van der Waals surface area contributed by atoms with Crippen LogP contribution in [0.3, 0.4) is 0 Å². The fourth-order valence-corrected chi connectivity index (χ4v) is 7.07. The van der Waals surface area contributed by atoms with E-state index in [0.717, 1.165) is 56.5 Å². The first-order valence-corrected chi connectivity index (χ1v) is 12.3. The Morgan fingerprint density at radius 2 is 1.84 bits per heavy atom. The largest absolute Gasteiger partial charge is 0.357 e. The van der Waals surface area contributed by atoms with E-state index in [-0.39, 0.29) is 23.7 Å². The van der Waals surface area contributed by atoms with E-state index in [1.165, 1.54) is 35.9 Å². The van der Waals surface area contributed by atoms with Crippen molar-refractivity contribution >= 4 is 22.7 Å². The fourth-order valence-electron chi connectivity index (χ4n) is 7.07. The molecule has 2 bridgehead atoms. The zero-order chi connectivity index (χ0) is 20.9.